The van der Waals surface area contributed by atoms with Gasteiger partial charge in [-0.15, -0.1) is 0 Å². The molecule has 1 N–H and O–H groups in total. The van der Waals surface area contributed by atoms with Crippen molar-refractivity contribution in [2.75, 3.05) is 53.4 Å². The maximum Gasteiger partial charge on any atom is 0.325 e. The molecule has 0 aromatic heterocycles. The van der Waals surface area contributed by atoms with Gasteiger partial charge in [-0.2, -0.15) is 0 Å². The van der Waals surface area contributed by atoms with E-state index in [0.29, 0.717) is 0 Å². The van der Waals surface area contributed by atoms with E-state index in [1.807, 2.05) is 26.0 Å². The van der Waals surface area contributed by atoms with Gasteiger partial charge in [-0.1, -0.05) is 23.8 Å². The Hall–Kier alpha value is -1.43. The second-order valence-electron chi connectivity index (χ2n) is 7.14. The molecule has 0 bridgehead atoms. The fourth-order valence-electron chi connectivity index (χ4n) is 3.47. The van der Waals surface area contributed by atoms with Gasteiger partial charge >= 0.3 is 5.97 Å². The summed E-state index contributed by atoms with van der Waals surface area (Å²) in [5.41, 5.74) is 3.16. The van der Waals surface area contributed by atoms with Crippen molar-refractivity contribution in [3.05, 3.63) is 34.9 Å². The quantitative estimate of drug-likeness (QED) is 0.827. The Bertz CT molecular complexity index is 552. The van der Waals surface area contributed by atoms with E-state index in [2.05, 4.69) is 34.9 Å². The lowest BCUT2D eigenvalue weighted by Gasteiger charge is -2.38. The summed E-state index contributed by atoms with van der Waals surface area (Å²) < 4.78 is 0. The van der Waals surface area contributed by atoms with E-state index in [4.69, 9.17) is 0 Å². The molecule has 0 aliphatic carbocycles. The van der Waals surface area contributed by atoms with Crippen molar-refractivity contribution in [1.29, 1.82) is 0 Å². The van der Waals surface area contributed by atoms with Crippen LogP contribution in [-0.2, 0) is 4.79 Å². The van der Waals surface area contributed by atoms with E-state index in [-0.39, 0.29) is 0 Å². The summed E-state index contributed by atoms with van der Waals surface area (Å²) in [6, 6.07) is 5.53. The number of piperazine rings is 1. The summed E-state index contributed by atoms with van der Waals surface area (Å²) in [6.07, 6.45) is 1.16. The van der Waals surface area contributed by atoms with Crippen molar-refractivity contribution >= 4 is 5.97 Å². The number of aryl methyl sites for hydroxylation is 2. The molecule has 0 saturated carbocycles. The number of carboxylic acids is 1. The zero-order valence-electron chi connectivity index (χ0n) is 15.5. The molecule has 0 spiro atoms. The highest BCUT2D eigenvalue weighted by Crippen LogP contribution is 2.26. The molecule has 1 unspecified atom stereocenters. The Morgan fingerprint density at radius 1 is 1.21 bits per heavy atom. The van der Waals surface area contributed by atoms with Crippen molar-refractivity contribution in [3.8, 4) is 0 Å². The minimum Gasteiger partial charge on any atom is -0.480 e. The molecule has 1 fully saturated rings. The Morgan fingerprint density at radius 2 is 1.88 bits per heavy atom. The smallest absolute Gasteiger partial charge is 0.325 e. The van der Waals surface area contributed by atoms with E-state index >= 15 is 0 Å². The molecule has 0 amide bonds. The van der Waals surface area contributed by atoms with Crippen molar-refractivity contribution in [3.63, 3.8) is 0 Å². The van der Waals surface area contributed by atoms with Crippen LogP contribution in [0.15, 0.2) is 18.2 Å². The van der Waals surface area contributed by atoms with Gasteiger partial charge in [0.1, 0.15) is 6.04 Å². The largest absolute Gasteiger partial charge is 0.480 e. The third-order valence-electron chi connectivity index (χ3n) is 4.81. The summed E-state index contributed by atoms with van der Waals surface area (Å²) >= 11 is 0. The predicted octanol–water partition coefficient (Wildman–Crippen LogP) is 2.00. The Balaban J connectivity index is 1.98. The Labute approximate surface area is 145 Å². The van der Waals surface area contributed by atoms with E-state index in [9.17, 15) is 9.90 Å². The number of rotatable bonds is 7. The number of nitrogens with zero attached hydrogens (tertiary/aromatic N) is 3. The summed E-state index contributed by atoms with van der Waals surface area (Å²) in [6.45, 7) is 9.76. The summed E-state index contributed by atoms with van der Waals surface area (Å²) in [7, 11) is 4.19. The number of aliphatic carboxylic acids is 1. The monoisotopic (exact) mass is 333 g/mol. The number of carboxylic acid groups (broad SMARTS) is 1. The van der Waals surface area contributed by atoms with Gasteiger partial charge in [0.15, 0.2) is 0 Å². The molecule has 24 heavy (non-hydrogen) atoms. The van der Waals surface area contributed by atoms with Crippen LogP contribution in [0.4, 0.5) is 0 Å². The average Bonchev–Trinajstić information content (AvgIpc) is 2.50. The lowest BCUT2D eigenvalue weighted by Crippen LogP contribution is -2.49. The van der Waals surface area contributed by atoms with Crippen LogP contribution in [-0.4, -0.2) is 79.1 Å². The molecule has 1 aromatic rings. The van der Waals surface area contributed by atoms with Gasteiger partial charge in [0.2, 0.25) is 0 Å². The van der Waals surface area contributed by atoms with Crippen LogP contribution < -0.4 is 0 Å². The minimum atomic E-state index is -0.747. The predicted molar refractivity (Wildman–Crippen MR) is 97.5 cm³/mol. The maximum absolute atomic E-state index is 11.9. The topological polar surface area (TPSA) is 47.0 Å². The molecule has 1 atom stereocenters. The van der Waals surface area contributed by atoms with E-state index < -0.39 is 12.0 Å². The van der Waals surface area contributed by atoms with Crippen molar-refractivity contribution < 1.29 is 9.90 Å². The molecular formula is C19H31N3O2. The Morgan fingerprint density at radius 3 is 2.42 bits per heavy atom. The highest BCUT2D eigenvalue weighted by molar-refractivity contribution is 5.76. The molecule has 2 rings (SSSR count). The SMILES string of the molecule is Cc1ccc(C(C(=O)O)N2CCN(CCCN(C)C)CC2)c(C)c1. The molecule has 1 heterocycles. The standard InChI is InChI=1S/C19H31N3O2/c1-15-6-7-17(16(2)14-15)18(19(23)24)22-12-10-21(11-13-22)9-5-8-20(3)4/h6-7,14,18H,5,8-13H2,1-4H3,(H,23,24). The van der Waals surface area contributed by atoms with Crippen LogP contribution in [0, 0.1) is 13.8 Å². The van der Waals surface area contributed by atoms with Crippen LogP contribution in [0.5, 0.6) is 0 Å². The molecule has 1 aliphatic heterocycles. The second-order valence-corrected chi connectivity index (χ2v) is 7.14. The average molecular weight is 333 g/mol. The highest BCUT2D eigenvalue weighted by atomic mass is 16.4. The number of carbonyl (C=O) groups is 1. The first kappa shape index (κ1) is 18.9. The molecule has 5 nitrogen and oxygen atoms in total. The third kappa shape index (κ3) is 5.03. The van der Waals surface area contributed by atoms with Crippen LogP contribution in [0.2, 0.25) is 0 Å². The molecule has 1 aliphatic rings. The lowest BCUT2D eigenvalue weighted by atomic mass is 9.97. The molecular weight excluding hydrogens is 302 g/mol. The molecule has 1 aromatic carbocycles. The summed E-state index contributed by atoms with van der Waals surface area (Å²) in [4.78, 5) is 18.7. The third-order valence-corrected chi connectivity index (χ3v) is 4.81. The van der Waals surface area contributed by atoms with Gasteiger partial charge in [0.25, 0.3) is 0 Å². The van der Waals surface area contributed by atoms with Crippen LogP contribution in [0.1, 0.15) is 29.2 Å². The normalized spacial score (nSPS) is 18.0. The Kier molecular flexibility index (Phi) is 6.78. The van der Waals surface area contributed by atoms with E-state index in [0.717, 1.165) is 56.8 Å². The first-order chi connectivity index (χ1) is 11.4. The number of hydrogen-bond acceptors (Lipinski definition) is 4. The van der Waals surface area contributed by atoms with Crippen molar-refractivity contribution in [2.24, 2.45) is 0 Å². The molecule has 0 radical (unpaired) electrons. The van der Waals surface area contributed by atoms with Gasteiger partial charge in [-0.3, -0.25) is 9.69 Å². The summed E-state index contributed by atoms with van der Waals surface area (Å²) in [5.74, 6) is -0.747. The minimum absolute atomic E-state index is 0.533. The van der Waals surface area contributed by atoms with Crippen LogP contribution in [0.25, 0.3) is 0 Å². The first-order valence-electron chi connectivity index (χ1n) is 8.79. The first-order valence-corrected chi connectivity index (χ1v) is 8.79. The van der Waals surface area contributed by atoms with Gasteiger partial charge in [-0.25, -0.2) is 0 Å². The van der Waals surface area contributed by atoms with E-state index in [1.165, 1.54) is 5.56 Å². The maximum atomic E-state index is 11.9. The number of benzene rings is 1. The molecule has 5 heteroatoms. The van der Waals surface area contributed by atoms with Gasteiger partial charge < -0.3 is 14.9 Å². The fourth-order valence-corrected chi connectivity index (χ4v) is 3.47. The summed E-state index contributed by atoms with van der Waals surface area (Å²) in [5, 5.41) is 9.78. The zero-order chi connectivity index (χ0) is 17.7. The van der Waals surface area contributed by atoms with Crippen LogP contribution in [0.3, 0.4) is 0 Å². The van der Waals surface area contributed by atoms with Crippen LogP contribution >= 0.6 is 0 Å². The van der Waals surface area contributed by atoms with Crippen molar-refractivity contribution in [1.82, 2.24) is 14.7 Å². The van der Waals surface area contributed by atoms with Crippen molar-refractivity contribution in [2.45, 2.75) is 26.3 Å². The van der Waals surface area contributed by atoms with E-state index in [1.54, 1.807) is 0 Å². The lowest BCUT2D eigenvalue weighted by molar-refractivity contribution is -0.144. The van der Waals surface area contributed by atoms with Gasteiger partial charge in [0.05, 0.1) is 0 Å². The fraction of sp³-hybridized carbons (Fsp3) is 0.632. The molecule has 1 saturated heterocycles. The van der Waals surface area contributed by atoms with Gasteiger partial charge in [-0.05, 0) is 58.6 Å². The molecule has 134 valence electrons. The van der Waals surface area contributed by atoms with Gasteiger partial charge in [0, 0.05) is 26.2 Å². The second kappa shape index (κ2) is 8.60. The highest BCUT2D eigenvalue weighted by Gasteiger charge is 2.31. The zero-order valence-corrected chi connectivity index (χ0v) is 15.5. The number of hydrogen-bond donors (Lipinski definition) is 1.